The van der Waals surface area contributed by atoms with Gasteiger partial charge in [-0.1, -0.05) is 27.7 Å². The maximum Gasteiger partial charge on any atom is 0.0582 e. The Morgan fingerprint density at radius 2 is 2.06 bits per heavy atom. The molecule has 0 saturated heterocycles. The van der Waals surface area contributed by atoms with Crippen molar-refractivity contribution in [1.29, 1.82) is 0 Å². The first-order valence-corrected chi connectivity index (χ1v) is 6.86. The topological polar surface area (TPSA) is 21.3 Å². The van der Waals surface area contributed by atoms with Gasteiger partial charge in [0.1, 0.15) is 0 Å². The Bertz CT molecular complexity index is 191. The molecule has 1 N–H and O–H groups in total. The van der Waals surface area contributed by atoms with Crippen molar-refractivity contribution >= 4 is 0 Å². The zero-order valence-electron chi connectivity index (χ0n) is 11.5. The maximum absolute atomic E-state index is 6.00. The van der Waals surface area contributed by atoms with E-state index in [0.717, 1.165) is 32.0 Å². The molecular formula is C14H29NO. The Balaban J connectivity index is 2.16. The molecule has 0 spiro atoms. The molecule has 2 unspecified atom stereocenters. The van der Waals surface area contributed by atoms with Gasteiger partial charge in [-0.05, 0) is 50.1 Å². The lowest BCUT2D eigenvalue weighted by atomic mass is 9.71. The minimum atomic E-state index is 0.476. The number of ether oxygens (including phenoxy) is 1. The molecular weight excluding hydrogens is 198 g/mol. The van der Waals surface area contributed by atoms with Gasteiger partial charge >= 0.3 is 0 Å². The Morgan fingerprint density at radius 1 is 1.31 bits per heavy atom. The van der Waals surface area contributed by atoms with Crippen LogP contribution in [0.3, 0.4) is 0 Å². The van der Waals surface area contributed by atoms with E-state index in [9.17, 15) is 0 Å². The summed E-state index contributed by atoms with van der Waals surface area (Å²) in [5.74, 6) is 0.822. The molecule has 0 aromatic carbocycles. The van der Waals surface area contributed by atoms with Crippen LogP contribution in [0.5, 0.6) is 0 Å². The summed E-state index contributed by atoms with van der Waals surface area (Å²) in [6, 6.07) is 0. The molecule has 2 heteroatoms. The molecule has 2 atom stereocenters. The van der Waals surface area contributed by atoms with Crippen molar-refractivity contribution in [3.8, 4) is 0 Å². The predicted molar refractivity (Wildman–Crippen MR) is 69.7 cm³/mol. The van der Waals surface area contributed by atoms with Crippen LogP contribution in [-0.4, -0.2) is 25.8 Å². The van der Waals surface area contributed by atoms with E-state index in [1.807, 2.05) is 0 Å². The summed E-state index contributed by atoms with van der Waals surface area (Å²) in [5.41, 5.74) is 0.476. The number of hydrogen-bond donors (Lipinski definition) is 1. The summed E-state index contributed by atoms with van der Waals surface area (Å²) in [6.07, 6.45) is 5.48. The molecule has 1 aliphatic rings. The average Bonchev–Trinajstić information content (AvgIpc) is 2.14. The molecule has 0 radical (unpaired) electrons. The zero-order valence-corrected chi connectivity index (χ0v) is 11.5. The summed E-state index contributed by atoms with van der Waals surface area (Å²) >= 11 is 0. The second-order valence-corrected chi connectivity index (χ2v) is 6.11. The monoisotopic (exact) mass is 227 g/mol. The molecule has 0 aliphatic heterocycles. The lowest BCUT2D eigenvalue weighted by molar-refractivity contribution is -0.0233. The molecule has 1 aliphatic carbocycles. The van der Waals surface area contributed by atoms with E-state index in [4.69, 9.17) is 4.74 Å². The Morgan fingerprint density at radius 3 is 2.69 bits per heavy atom. The summed E-state index contributed by atoms with van der Waals surface area (Å²) in [6.45, 7) is 12.3. The first kappa shape index (κ1) is 14.0. The third-order valence-corrected chi connectivity index (χ3v) is 3.45. The third kappa shape index (κ3) is 5.31. The van der Waals surface area contributed by atoms with E-state index >= 15 is 0 Å². The van der Waals surface area contributed by atoms with E-state index in [1.165, 1.54) is 19.3 Å². The van der Waals surface area contributed by atoms with Gasteiger partial charge in [0.05, 0.1) is 6.10 Å². The maximum atomic E-state index is 6.00. The predicted octanol–water partition coefficient (Wildman–Crippen LogP) is 3.22. The fourth-order valence-corrected chi connectivity index (χ4v) is 3.01. The molecule has 96 valence electrons. The van der Waals surface area contributed by atoms with Crippen LogP contribution in [0.1, 0.15) is 53.4 Å². The summed E-state index contributed by atoms with van der Waals surface area (Å²) in [7, 11) is 0. The standard InChI is InChI=1S/C14H29NO/c1-5-15-7-6-8-16-13-9-12(2)10-14(3,4)11-13/h12-13,15H,5-11H2,1-4H3. The zero-order chi connectivity index (χ0) is 12.0. The van der Waals surface area contributed by atoms with Gasteiger partial charge in [-0.3, -0.25) is 0 Å². The average molecular weight is 227 g/mol. The van der Waals surface area contributed by atoms with Gasteiger partial charge in [0.15, 0.2) is 0 Å². The molecule has 0 aromatic heterocycles. The second-order valence-electron chi connectivity index (χ2n) is 6.11. The van der Waals surface area contributed by atoms with Gasteiger partial charge in [-0.15, -0.1) is 0 Å². The summed E-state index contributed by atoms with van der Waals surface area (Å²) in [4.78, 5) is 0. The molecule has 0 aromatic rings. The van der Waals surface area contributed by atoms with Crippen LogP contribution in [0.25, 0.3) is 0 Å². The quantitative estimate of drug-likeness (QED) is 0.704. The van der Waals surface area contributed by atoms with Gasteiger partial charge in [0.2, 0.25) is 0 Å². The van der Waals surface area contributed by atoms with Crippen LogP contribution in [0.4, 0.5) is 0 Å². The van der Waals surface area contributed by atoms with Crippen LogP contribution in [0, 0.1) is 11.3 Å². The Labute approximate surface area is 101 Å². The van der Waals surface area contributed by atoms with E-state index in [2.05, 4.69) is 33.0 Å². The highest BCUT2D eigenvalue weighted by Gasteiger charge is 2.32. The van der Waals surface area contributed by atoms with E-state index < -0.39 is 0 Å². The van der Waals surface area contributed by atoms with E-state index in [1.54, 1.807) is 0 Å². The van der Waals surface area contributed by atoms with Crippen LogP contribution in [-0.2, 0) is 4.74 Å². The van der Waals surface area contributed by atoms with Gasteiger partial charge < -0.3 is 10.1 Å². The highest BCUT2D eigenvalue weighted by Crippen LogP contribution is 2.39. The van der Waals surface area contributed by atoms with Crippen molar-refractivity contribution in [2.75, 3.05) is 19.7 Å². The smallest absolute Gasteiger partial charge is 0.0582 e. The van der Waals surface area contributed by atoms with Crippen molar-refractivity contribution < 1.29 is 4.74 Å². The highest BCUT2D eigenvalue weighted by molar-refractivity contribution is 4.83. The van der Waals surface area contributed by atoms with Crippen LogP contribution in [0.15, 0.2) is 0 Å². The minimum Gasteiger partial charge on any atom is -0.378 e. The molecule has 2 nitrogen and oxygen atoms in total. The molecule has 0 amide bonds. The van der Waals surface area contributed by atoms with Crippen molar-refractivity contribution in [3.63, 3.8) is 0 Å². The number of nitrogens with one attached hydrogen (secondary N) is 1. The minimum absolute atomic E-state index is 0.476. The second kappa shape index (κ2) is 6.61. The largest absolute Gasteiger partial charge is 0.378 e. The third-order valence-electron chi connectivity index (χ3n) is 3.45. The van der Waals surface area contributed by atoms with E-state index in [-0.39, 0.29) is 0 Å². The van der Waals surface area contributed by atoms with Crippen molar-refractivity contribution in [2.24, 2.45) is 11.3 Å². The Hall–Kier alpha value is -0.0800. The van der Waals surface area contributed by atoms with E-state index in [0.29, 0.717) is 11.5 Å². The molecule has 16 heavy (non-hydrogen) atoms. The van der Waals surface area contributed by atoms with Crippen LogP contribution < -0.4 is 5.32 Å². The first-order valence-electron chi connectivity index (χ1n) is 6.86. The first-order chi connectivity index (χ1) is 7.53. The van der Waals surface area contributed by atoms with Gasteiger partial charge in [-0.2, -0.15) is 0 Å². The molecule has 1 saturated carbocycles. The molecule has 1 rings (SSSR count). The van der Waals surface area contributed by atoms with Crippen LogP contribution >= 0.6 is 0 Å². The van der Waals surface area contributed by atoms with Gasteiger partial charge in [0, 0.05) is 6.61 Å². The van der Waals surface area contributed by atoms with Crippen LogP contribution in [0.2, 0.25) is 0 Å². The highest BCUT2D eigenvalue weighted by atomic mass is 16.5. The van der Waals surface area contributed by atoms with Gasteiger partial charge in [-0.25, -0.2) is 0 Å². The SMILES string of the molecule is CCNCCCOC1CC(C)CC(C)(C)C1. The molecule has 1 fully saturated rings. The van der Waals surface area contributed by atoms with Crippen molar-refractivity contribution in [2.45, 2.75) is 59.5 Å². The fraction of sp³-hybridized carbons (Fsp3) is 1.00. The number of rotatable bonds is 6. The molecule has 0 heterocycles. The van der Waals surface area contributed by atoms with Crippen molar-refractivity contribution in [3.05, 3.63) is 0 Å². The number of hydrogen-bond acceptors (Lipinski definition) is 2. The fourth-order valence-electron chi connectivity index (χ4n) is 3.01. The summed E-state index contributed by atoms with van der Waals surface area (Å²) < 4.78 is 6.00. The lowest BCUT2D eigenvalue weighted by Gasteiger charge is -2.38. The molecule has 0 bridgehead atoms. The van der Waals surface area contributed by atoms with Crippen molar-refractivity contribution in [1.82, 2.24) is 5.32 Å². The van der Waals surface area contributed by atoms with Gasteiger partial charge in [0.25, 0.3) is 0 Å². The lowest BCUT2D eigenvalue weighted by Crippen LogP contribution is -2.33. The summed E-state index contributed by atoms with van der Waals surface area (Å²) in [5, 5.41) is 3.33. The normalized spacial score (nSPS) is 29.2. The Kier molecular flexibility index (Phi) is 5.77.